The van der Waals surface area contributed by atoms with Crippen LogP contribution in [0.2, 0.25) is 0 Å². The lowest BCUT2D eigenvalue weighted by atomic mass is 10.0. The summed E-state index contributed by atoms with van der Waals surface area (Å²) in [5, 5.41) is 10.4. The van der Waals surface area contributed by atoms with Crippen molar-refractivity contribution in [3.8, 4) is 0 Å². The normalized spacial score (nSPS) is 17.6. The quantitative estimate of drug-likeness (QED) is 0.876. The van der Waals surface area contributed by atoms with E-state index in [-0.39, 0.29) is 11.9 Å². The number of aryl methyl sites for hydroxylation is 3. The van der Waals surface area contributed by atoms with Gasteiger partial charge in [0.25, 0.3) is 0 Å². The number of rotatable bonds is 5. The molecule has 1 amide bonds. The molecule has 0 aromatic carbocycles. The minimum atomic E-state index is 0.115. The summed E-state index contributed by atoms with van der Waals surface area (Å²) in [5.41, 5.74) is 4.22. The summed E-state index contributed by atoms with van der Waals surface area (Å²) in [7, 11) is 0. The zero-order valence-corrected chi connectivity index (χ0v) is 15.3. The molecule has 0 bridgehead atoms. The molecule has 6 nitrogen and oxygen atoms in total. The van der Waals surface area contributed by atoms with Crippen LogP contribution in [0.4, 0.5) is 5.82 Å². The van der Waals surface area contributed by atoms with Crippen molar-refractivity contribution in [3.05, 3.63) is 40.8 Å². The van der Waals surface area contributed by atoms with Crippen LogP contribution < -0.4 is 10.2 Å². The van der Waals surface area contributed by atoms with Gasteiger partial charge in [-0.25, -0.2) is 4.98 Å². The fourth-order valence-corrected chi connectivity index (χ4v) is 3.49. The summed E-state index contributed by atoms with van der Waals surface area (Å²) in [5.74, 6) is 1.12. The van der Waals surface area contributed by atoms with Crippen LogP contribution in [0.25, 0.3) is 0 Å². The van der Waals surface area contributed by atoms with Crippen LogP contribution >= 0.6 is 0 Å². The highest BCUT2D eigenvalue weighted by atomic mass is 16.1. The zero-order chi connectivity index (χ0) is 17.8. The highest BCUT2D eigenvalue weighted by Crippen LogP contribution is 2.18. The number of aromatic amines is 1. The summed E-state index contributed by atoms with van der Waals surface area (Å²) in [6.07, 6.45) is 3.33. The van der Waals surface area contributed by atoms with Crippen LogP contribution in [0.3, 0.4) is 0 Å². The maximum Gasteiger partial charge on any atom is 0.220 e. The van der Waals surface area contributed by atoms with Gasteiger partial charge in [0.05, 0.1) is 5.69 Å². The van der Waals surface area contributed by atoms with Gasteiger partial charge in [-0.05, 0) is 57.7 Å². The Hall–Kier alpha value is -2.37. The van der Waals surface area contributed by atoms with Crippen molar-refractivity contribution in [2.75, 3.05) is 18.0 Å². The number of pyridine rings is 1. The highest BCUT2D eigenvalue weighted by Gasteiger charge is 2.22. The summed E-state index contributed by atoms with van der Waals surface area (Å²) in [6.45, 7) is 7.81. The fourth-order valence-electron chi connectivity index (χ4n) is 3.49. The molecule has 25 heavy (non-hydrogen) atoms. The first-order valence-electron chi connectivity index (χ1n) is 9.01. The number of nitrogens with zero attached hydrogens (tertiary/aromatic N) is 3. The lowest BCUT2D eigenvalue weighted by Gasteiger charge is -2.34. The van der Waals surface area contributed by atoms with Gasteiger partial charge in [0, 0.05) is 36.9 Å². The summed E-state index contributed by atoms with van der Waals surface area (Å²) in [6, 6.07) is 6.28. The number of H-pyrrole nitrogens is 1. The largest absolute Gasteiger partial charge is 0.355 e. The standard InChI is InChI=1S/C19H27N5O/c1-13-6-4-8-18(20-13)24-11-5-7-16(12-24)21-19(25)10-9-17-14(2)22-23-15(17)3/h4,6,8,16H,5,7,9-12H2,1-3H3,(H,21,25)(H,22,23)/t16-/m0/s1. The Morgan fingerprint density at radius 2 is 2.20 bits per heavy atom. The third-order valence-corrected chi connectivity index (χ3v) is 4.87. The molecule has 3 heterocycles. The Morgan fingerprint density at radius 3 is 2.92 bits per heavy atom. The van der Waals surface area contributed by atoms with E-state index in [2.05, 4.69) is 25.4 Å². The number of piperidine rings is 1. The topological polar surface area (TPSA) is 73.9 Å². The van der Waals surface area contributed by atoms with Crippen LogP contribution in [0, 0.1) is 20.8 Å². The molecule has 1 fully saturated rings. The molecule has 3 rings (SSSR count). The first-order chi connectivity index (χ1) is 12.0. The molecule has 0 saturated carbocycles. The molecule has 2 aromatic rings. The monoisotopic (exact) mass is 341 g/mol. The predicted molar refractivity (Wildman–Crippen MR) is 98.7 cm³/mol. The third-order valence-electron chi connectivity index (χ3n) is 4.87. The van der Waals surface area contributed by atoms with Gasteiger partial charge in [0.2, 0.25) is 5.91 Å². The van der Waals surface area contributed by atoms with Gasteiger partial charge in [-0.1, -0.05) is 6.07 Å². The lowest BCUT2D eigenvalue weighted by Crippen LogP contribution is -2.48. The first-order valence-corrected chi connectivity index (χ1v) is 9.01. The van der Waals surface area contributed by atoms with E-state index in [1.165, 1.54) is 0 Å². The van der Waals surface area contributed by atoms with Crippen molar-refractivity contribution in [2.24, 2.45) is 0 Å². The lowest BCUT2D eigenvalue weighted by molar-refractivity contribution is -0.121. The second-order valence-corrected chi connectivity index (χ2v) is 6.90. The molecule has 134 valence electrons. The minimum Gasteiger partial charge on any atom is -0.355 e. The summed E-state index contributed by atoms with van der Waals surface area (Å²) in [4.78, 5) is 19.2. The third kappa shape index (κ3) is 4.38. The van der Waals surface area contributed by atoms with Crippen molar-refractivity contribution in [1.29, 1.82) is 0 Å². The Kier molecular flexibility index (Phi) is 5.36. The maximum absolute atomic E-state index is 12.4. The molecule has 0 spiro atoms. The number of hydrogen-bond acceptors (Lipinski definition) is 4. The van der Waals surface area contributed by atoms with E-state index < -0.39 is 0 Å². The van der Waals surface area contributed by atoms with Crippen LogP contribution in [0.1, 0.15) is 41.9 Å². The molecule has 1 atom stereocenters. The van der Waals surface area contributed by atoms with E-state index >= 15 is 0 Å². The number of nitrogens with one attached hydrogen (secondary N) is 2. The van der Waals surface area contributed by atoms with Crippen LogP contribution in [0.15, 0.2) is 18.2 Å². The highest BCUT2D eigenvalue weighted by molar-refractivity contribution is 5.76. The molecule has 6 heteroatoms. The summed E-state index contributed by atoms with van der Waals surface area (Å²) >= 11 is 0. The average Bonchev–Trinajstić information content (AvgIpc) is 2.91. The van der Waals surface area contributed by atoms with E-state index in [0.29, 0.717) is 6.42 Å². The van der Waals surface area contributed by atoms with Crippen molar-refractivity contribution >= 4 is 11.7 Å². The van der Waals surface area contributed by atoms with E-state index in [1.807, 2.05) is 39.0 Å². The Bertz CT molecular complexity index is 720. The number of amides is 1. The van der Waals surface area contributed by atoms with Gasteiger partial charge in [0.15, 0.2) is 0 Å². The Balaban J connectivity index is 1.53. The van der Waals surface area contributed by atoms with Crippen molar-refractivity contribution in [1.82, 2.24) is 20.5 Å². The average molecular weight is 341 g/mol. The number of hydrogen-bond donors (Lipinski definition) is 2. The predicted octanol–water partition coefficient (Wildman–Crippen LogP) is 2.45. The molecule has 0 radical (unpaired) electrons. The van der Waals surface area contributed by atoms with Crippen molar-refractivity contribution in [2.45, 2.75) is 52.5 Å². The second-order valence-electron chi connectivity index (χ2n) is 6.90. The van der Waals surface area contributed by atoms with Gasteiger partial charge >= 0.3 is 0 Å². The van der Waals surface area contributed by atoms with Gasteiger partial charge < -0.3 is 10.2 Å². The molecule has 1 saturated heterocycles. The van der Waals surface area contributed by atoms with E-state index in [4.69, 9.17) is 0 Å². The van der Waals surface area contributed by atoms with Crippen LogP contribution in [0.5, 0.6) is 0 Å². The number of anilines is 1. The molecule has 2 aromatic heterocycles. The van der Waals surface area contributed by atoms with Gasteiger partial charge in [-0.15, -0.1) is 0 Å². The van der Waals surface area contributed by atoms with E-state index in [1.54, 1.807) is 0 Å². The molecular formula is C19H27N5O. The molecular weight excluding hydrogens is 314 g/mol. The SMILES string of the molecule is Cc1cccc(N2CCC[C@H](NC(=O)CCc3c(C)n[nH]c3C)C2)n1. The van der Waals surface area contributed by atoms with Crippen LogP contribution in [-0.4, -0.2) is 40.2 Å². The first kappa shape index (κ1) is 17.5. The Morgan fingerprint density at radius 1 is 1.36 bits per heavy atom. The number of carbonyl (C=O) groups excluding carboxylic acids is 1. The second kappa shape index (κ2) is 7.68. The summed E-state index contributed by atoms with van der Waals surface area (Å²) < 4.78 is 0. The van der Waals surface area contributed by atoms with Gasteiger partial charge in [-0.2, -0.15) is 5.10 Å². The van der Waals surface area contributed by atoms with Crippen LogP contribution in [-0.2, 0) is 11.2 Å². The van der Waals surface area contributed by atoms with Gasteiger partial charge in [-0.3, -0.25) is 9.89 Å². The van der Waals surface area contributed by atoms with E-state index in [0.717, 1.165) is 60.8 Å². The zero-order valence-electron chi connectivity index (χ0n) is 15.3. The maximum atomic E-state index is 12.4. The fraction of sp³-hybridized carbons (Fsp3) is 0.526. The van der Waals surface area contributed by atoms with Gasteiger partial charge in [0.1, 0.15) is 5.82 Å². The molecule has 1 aliphatic rings. The minimum absolute atomic E-state index is 0.115. The molecule has 0 aliphatic carbocycles. The molecule has 0 unspecified atom stereocenters. The van der Waals surface area contributed by atoms with Crippen molar-refractivity contribution < 1.29 is 4.79 Å². The number of aromatic nitrogens is 3. The smallest absolute Gasteiger partial charge is 0.220 e. The molecule has 2 N–H and O–H groups in total. The number of carbonyl (C=O) groups is 1. The van der Waals surface area contributed by atoms with Crippen molar-refractivity contribution in [3.63, 3.8) is 0 Å². The van der Waals surface area contributed by atoms with E-state index in [9.17, 15) is 4.79 Å². The Labute approximate surface area is 149 Å². The molecule has 1 aliphatic heterocycles.